The monoisotopic (exact) mass is 428 g/mol. The summed E-state index contributed by atoms with van der Waals surface area (Å²) in [5.74, 6) is 0.888. The molecule has 7 nitrogen and oxygen atoms in total. The van der Waals surface area contributed by atoms with E-state index in [-0.39, 0.29) is 18.2 Å². The Bertz CT molecular complexity index is 1270. The minimum atomic E-state index is -0.128. The molecule has 0 unspecified atom stereocenters. The summed E-state index contributed by atoms with van der Waals surface area (Å²) < 4.78 is 2.16. The third-order valence-corrected chi connectivity index (χ3v) is 6.26. The van der Waals surface area contributed by atoms with E-state index in [1.807, 2.05) is 54.7 Å². The molecule has 0 spiro atoms. The van der Waals surface area contributed by atoms with E-state index in [4.69, 9.17) is 0 Å². The van der Waals surface area contributed by atoms with Crippen molar-refractivity contribution in [1.29, 1.82) is 5.26 Å². The van der Waals surface area contributed by atoms with Crippen molar-refractivity contribution in [2.45, 2.75) is 24.0 Å². The molecular weight excluding hydrogens is 408 g/mol. The van der Waals surface area contributed by atoms with Crippen LogP contribution in [0.25, 0.3) is 22.3 Å². The number of nitrogens with zero attached hydrogens (tertiary/aromatic N) is 5. The van der Waals surface area contributed by atoms with E-state index in [0.717, 1.165) is 46.0 Å². The molecule has 1 N–H and O–H groups in total. The van der Waals surface area contributed by atoms with Crippen LogP contribution >= 0.6 is 11.8 Å². The largest absolute Gasteiger partial charge is 0.360 e. The number of nitrogens with one attached hydrogen (secondary N) is 1. The molecule has 0 aliphatic heterocycles. The van der Waals surface area contributed by atoms with E-state index in [1.165, 1.54) is 16.7 Å². The van der Waals surface area contributed by atoms with Gasteiger partial charge in [0.1, 0.15) is 6.54 Å². The molecule has 1 saturated carbocycles. The van der Waals surface area contributed by atoms with Gasteiger partial charge in [0.2, 0.25) is 5.91 Å². The van der Waals surface area contributed by atoms with Gasteiger partial charge in [-0.25, -0.2) is 0 Å². The Morgan fingerprint density at radius 1 is 1.16 bits per heavy atom. The minimum Gasteiger partial charge on any atom is -0.360 e. The SMILES string of the molecule is N#CCN(C(=O)CSc1nnc(-c2c[nH]c3ccccc23)n1C1CC1)c1ccccc1. The average Bonchev–Trinajstić information content (AvgIpc) is 3.42. The Balaban J connectivity index is 1.40. The highest BCUT2D eigenvalue weighted by molar-refractivity contribution is 7.99. The summed E-state index contributed by atoms with van der Waals surface area (Å²) in [4.78, 5) is 17.7. The van der Waals surface area contributed by atoms with Gasteiger partial charge in [-0.05, 0) is 31.0 Å². The molecule has 0 radical (unpaired) electrons. The van der Waals surface area contributed by atoms with Gasteiger partial charge in [0.05, 0.1) is 11.8 Å². The molecular formula is C23H20N6OS. The molecule has 1 aliphatic rings. The lowest BCUT2D eigenvalue weighted by Crippen LogP contribution is -2.32. The molecule has 8 heteroatoms. The number of anilines is 1. The van der Waals surface area contributed by atoms with E-state index >= 15 is 0 Å². The fraction of sp³-hybridized carbons (Fsp3) is 0.217. The summed E-state index contributed by atoms with van der Waals surface area (Å²) in [6.45, 7) is 0.0132. The van der Waals surface area contributed by atoms with Crippen molar-refractivity contribution >= 4 is 34.3 Å². The summed E-state index contributed by atoms with van der Waals surface area (Å²) >= 11 is 1.37. The van der Waals surface area contributed by atoms with Crippen LogP contribution in [0.1, 0.15) is 18.9 Å². The Kier molecular flexibility index (Phi) is 5.18. The van der Waals surface area contributed by atoms with Crippen LogP contribution in [0.15, 0.2) is 66.0 Å². The maximum atomic E-state index is 12.9. The zero-order valence-electron chi connectivity index (χ0n) is 16.7. The summed E-state index contributed by atoms with van der Waals surface area (Å²) in [6, 6.07) is 19.8. The number of hydrogen-bond acceptors (Lipinski definition) is 5. The van der Waals surface area contributed by atoms with Crippen molar-refractivity contribution in [3.63, 3.8) is 0 Å². The number of para-hydroxylation sites is 2. The zero-order chi connectivity index (χ0) is 21.2. The third kappa shape index (κ3) is 3.80. The number of carbonyl (C=O) groups is 1. The fourth-order valence-electron chi connectivity index (χ4n) is 3.68. The van der Waals surface area contributed by atoms with Crippen LogP contribution in [0.4, 0.5) is 5.69 Å². The van der Waals surface area contributed by atoms with Crippen molar-refractivity contribution in [2.75, 3.05) is 17.2 Å². The molecule has 0 saturated heterocycles. The fourth-order valence-corrected chi connectivity index (χ4v) is 4.57. The van der Waals surface area contributed by atoms with Crippen LogP contribution in [0, 0.1) is 11.3 Å². The number of thioether (sulfide) groups is 1. The molecule has 154 valence electrons. The Morgan fingerprint density at radius 2 is 1.94 bits per heavy atom. The lowest BCUT2D eigenvalue weighted by Gasteiger charge is -2.19. The maximum Gasteiger partial charge on any atom is 0.238 e. The van der Waals surface area contributed by atoms with E-state index in [0.29, 0.717) is 6.04 Å². The molecule has 0 bridgehead atoms. The lowest BCUT2D eigenvalue weighted by molar-refractivity contribution is -0.116. The van der Waals surface area contributed by atoms with Gasteiger partial charge in [-0.1, -0.05) is 48.2 Å². The number of hydrogen-bond donors (Lipinski definition) is 1. The van der Waals surface area contributed by atoms with Gasteiger partial charge < -0.3 is 4.98 Å². The summed E-state index contributed by atoms with van der Waals surface area (Å²) in [6.07, 6.45) is 4.14. The number of carbonyl (C=O) groups excluding carboxylic acids is 1. The Morgan fingerprint density at radius 3 is 2.71 bits per heavy atom. The van der Waals surface area contributed by atoms with Crippen molar-refractivity contribution < 1.29 is 4.79 Å². The second-order valence-corrected chi connectivity index (χ2v) is 8.36. The first kappa shape index (κ1) is 19.4. The quantitative estimate of drug-likeness (QED) is 0.348. The molecule has 0 atom stereocenters. The second kappa shape index (κ2) is 8.28. The van der Waals surface area contributed by atoms with Gasteiger partial charge in [0.25, 0.3) is 0 Å². The predicted molar refractivity (Wildman–Crippen MR) is 121 cm³/mol. The number of benzene rings is 2. The molecule has 2 aromatic carbocycles. The number of rotatable bonds is 7. The Hall–Kier alpha value is -3.57. The number of fused-ring (bicyclic) bond motifs is 1. The first-order chi connectivity index (χ1) is 15.3. The first-order valence-corrected chi connectivity index (χ1v) is 11.1. The van der Waals surface area contributed by atoms with Crippen LogP contribution in [-0.2, 0) is 4.79 Å². The van der Waals surface area contributed by atoms with E-state index in [9.17, 15) is 10.1 Å². The van der Waals surface area contributed by atoms with Crippen LogP contribution in [0.2, 0.25) is 0 Å². The van der Waals surface area contributed by atoms with Gasteiger partial charge in [-0.3, -0.25) is 14.3 Å². The molecule has 2 heterocycles. The maximum absolute atomic E-state index is 12.9. The van der Waals surface area contributed by atoms with E-state index < -0.39 is 0 Å². The lowest BCUT2D eigenvalue weighted by atomic mass is 10.1. The standard InChI is InChI=1S/C23H20N6OS/c24-12-13-28(16-6-2-1-3-7-16)21(30)15-31-23-27-26-22(29(23)17-10-11-17)19-14-25-20-9-5-4-8-18(19)20/h1-9,14,17,25H,10-11,13,15H2. The van der Waals surface area contributed by atoms with Crippen molar-refractivity contribution in [1.82, 2.24) is 19.7 Å². The van der Waals surface area contributed by atoms with E-state index in [2.05, 4.69) is 31.9 Å². The van der Waals surface area contributed by atoms with Crippen LogP contribution in [0.5, 0.6) is 0 Å². The predicted octanol–water partition coefficient (Wildman–Crippen LogP) is 4.41. The van der Waals surface area contributed by atoms with E-state index in [1.54, 1.807) is 0 Å². The first-order valence-electron chi connectivity index (χ1n) is 10.1. The normalized spacial score (nSPS) is 13.3. The van der Waals surface area contributed by atoms with Gasteiger partial charge in [-0.15, -0.1) is 10.2 Å². The molecule has 1 amide bonds. The number of aromatic amines is 1. The summed E-state index contributed by atoms with van der Waals surface area (Å²) in [5.41, 5.74) is 2.79. The zero-order valence-corrected chi connectivity index (χ0v) is 17.5. The molecule has 4 aromatic rings. The highest BCUT2D eigenvalue weighted by Crippen LogP contribution is 2.42. The summed E-state index contributed by atoms with van der Waals surface area (Å²) in [5, 5.41) is 19.9. The second-order valence-electron chi connectivity index (χ2n) is 7.42. The van der Waals surface area contributed by atoms with Crippen LogP contribution in [0.3, 0.4) is 0 Å². The van der Waals surface area contributed by atoms with Gasteiger partial charge in [0.15, 0.2) is 11.0 Å². The van der Waals surface area contributed by atoms with Crippen molar-refractivity contribution in [3.8, 4) is 17.5 Å². The highest BCUT2D eigenvalue weighted by atomic mass is 32.2. The number of H-pyrrole nitrogens is 1. The number of aromatic nitrogens is 4. The number of amides is 1. The average molecular weight is 429 g/mol. The Labute approximate surface area is 183 Å². The molecule has 31 heavy (non-hydrogen) atoms. The molecule has 1 fully saturated rings. The smallest absolute Gasteiger partial charge is 0.238 e. The molecule has 1 aliphatic carbocycles. The van der Waals surface area contributed by atoms with Gasteiger partial charge in [0, 0.05) is 34.4 Å². The minimum absolute atomic E-state index is 0.0132. The van der Waals surface area contributed by atoms with Crippen molar-refractivity contribution in [2.24, 2.45) is 0 Å². The third-order valence-electron chi connectivity index (χ3n) is 5.33. The van der Waals surface area contributed by atoms with Crippen LogP contribution < -0.4 is 4.90 Å². The van der Waals surface area contributed by atoms with Gasteiger partial charge in [-0.2, -0.15) is 5.26 Å². The highest BCUT2D eigenvalue weighted by Gasteiger charge is 2.31. The van der Waals surface area contributed by atoms with Crippen LogP contribution in [-0.4, -0.2) is 38.0 Å². The topological polar surface area (TPSA) is 90.6 Å². The van der Waals surface area contributed by atoms with Gasteiger partial charge >= 0.3 is 0 Å². The molecule has 2 aromatic heterocycles. The number of nitriles is 1. The summed E-state index contributed by atoms with van der Waals surface area (Å²) in [7, 11) is 0. The van der Waals surface area contributed by atoms with Crippen molar-refractivity contribution in [3.05, 3.63) is 60.8 Å². The molecule has 5 rings (SSSR count).